The highest BCUT2D eigenvalue weighted by molar-refractivity contribution is 7.80. The van der Waals surface area contributed by atoms with E-state index in [-0.39, 0.29) is 5.38 Å². The van der Waals surface area contributed by atoms with Crippen molar-refractivity contribution < 1.29 is 0 Å². The Morgan fingerprint density at radius 1 is 1.83 bits per heavy atom. The highest BCUT2D eigenvalue weighted by Gasteiger charge is 1.92. The van der Waals surface area contributed by atoms with Crippen LogP contribution in [0, 0.1) is 0 Å². The van der Waals surface area contributed by atoms with Crippen LogP contribution in [0.5, 0.6) is 0 Å². The van der Waals surface area contributed by atoms with Gasteiger partial charge in [0.15, 0.2) is 0 Å². The summed E-state index contributed by atoms with van der Waals surface area (Å²) in [6.45, 7) is 2.05. The van der Waals surface area contributed by atoms with Gasteiger partial charge < -0.3 is 0 Å². The standard InChI is InChI=1S/C4H9ClS/c1-2-4(5)3-6/h4,6H,2-3H2,1H3. The van der Waals surface area contributed by atoms with Gasteiger partial charge >= 0.3 is 0 Å². The van der Waals surface area contributed by atoms with Crippen molar-refractivity contribution in [1.29, 1.82) is 0 Å². The predicted molar refractivity (Wildman–Crippen MR) is 33.8 cm³/mol. The van der Waals surface area contributed by atoms with Crippen molar-refractivity contribution in [3.63, 3.8) is 0 Å². The molecule has 0 rings (SSSR count). The molecule has 0 heterocycles. The van der Waals surface area contributed by atoms with Crippen molar-refractivity contribution >= 4 is 24.2 Å². The molecule has 0 bridgehead atoms. The van der Waals surface area contributed by atoms with Gasteiger partial charge in [-0.05, 0) is 6.42 Å². The summed E-state index contributed by atoms with van der Waals surface area (Å²) in [6.07, 6.45) is 1.02. The van der Waals surface area contributed by atoms with E-state index in [1.807, 2.05) is 6.92 Å². The van der Waals surface area contributed by atoms with E-state index >= 15 is 0 Å². The molecule has 0 N–H and O–H groups in total. The summed E-state index contributed by atoms with van der Waals surface area (Å²) in [5, 5.41) is 0.272. The maximum atomic E-state index is 5.57. The fraction of sp³-hybridized carbons (Fsp3) is 1.00. The molecule has 0 spiro atoms. The van der Waals surface area contributed by atoms with Crippen LogP contribution in [-0.2, 0) is 0 Å². The third kappa shape index (κ3) is 2.86. The van der Waals surface area contributed by atoms with Crippen LogP contribution >= 0.6 is 24.2 Å². The fourth-order valence-corrected chi connectivity index (χ4v) is 0.387. The molecule has 0 aromatic carbocycles. The summed E-state index contributed by atoms with van der Waals surface area (Å²) in [5.41, 5.74) is 0. The van der Waals surface area contributed by atoms with Crippen LogP contribution in [0.25, 0.3) is 0 Å². The van der Waals surface area contributed by atoms with Gasteiger partial charge in [0.05, 0.1) is 0 Å². The first kappa shape index (κ1) is 6.64. The normalized spacial score (nSPS) is 14.5. The second-order valence-electron chi connectivity index (χ2n) is 1.19. The molecule has 0 aromatic heterocycles. The lowest BCUT2D eigenvalue weighted by atomic mass is 10.4. The second-order valence-corrected chi connectivity index (χ2v) is 2.17. The minimum absolute atomic E-state index is 0.272. The second kappa shape index (κ2) is 3.82. The van der Waals surface area contributed by atoms with Gasteiger partial charge in [0, 0.05) is 11.1 Å². The van der Waals surface area contributed by atoms with Crippen LogP contribution < -0.4 is 0 Å². The molecule has 6 heavy (non-hydrogen) atoms. The molecule has 1 atom stereocenters. The third-order valence-electron chi connectivity index (χ3n) is 0.641. The zero-order valence-electron chi connectivity index (χ0n) is 3.82. The molecule has 0 aromatic rings. The van der Waals surface area contributed by atoms with Crippen LogP contribution in [0.1, 0.15) is 13.3 Å². The van der Waals surface area contributed by atoms with E-state index in [9.17, 15) is 0 Å². The summed E-state index contributed by atoms with van der Waals surface area (Å²) >= 11 is 9.54. The Morgan fingerprint density at radius 2 is 2.33 bits per heavy atom. The molecule has 38 valence electrons. The van der Waals surface area contributed by atoms with Crippen LogP contribution in [0.4, 0.5) is 0 Å². The average Bonchev–Trinajstić information content (AvgIpc) is 1.65. The predicted octanol–water partition coefficient (Wildman–Crippen LogP) is 1.93. The maximum Gasteiger partial charge on any atom is 0.0421 e. The highest BCUT2D eigenvalue weighted by Crippen LogP contribution is 2.00. The Labute approximate surface area is 49.3 Å². The number of hydrogen-bond acceptors (Lipinski definition) is 1. The van der Waals surface area contributed by atoms with Gasteiger partial charge in [0.1, 0.15) is 0 Å². The van der Waals surface area contributed by atoms with Crippen LogP contribution in [0.15, 0.2) is 0 Å². The molecule has 0 fully saturated rings. The fourth-order valence-electron chi connectivity index (χ4n) is 0.129. The lowest BCUT2D eigenvalue weighted by Gasteiger charge is -1.95. The first-order chi connectivity index (χ1) is 2.81. The minimum atomic E-state index is 0.272. The van der Waals surface area contributed by atoms with Crippen molar-refractivity contribution in [2.24, 2.45) is 0 Å². The van der Waals surface area contributed by atoms with Crippen molar-refractivity contribution in [1.82, 2.24) is 0 Å². The van der Waals surface area contributed by atoms with Crippen molar-refractivity contribution in [2.75, 3.05) is 5.75 Å². The summed E-state index contributed by atoms with van der Waals surface area (Å²) in [5.74, 6) is 0.790. The molecular weight excluding hydrogens is 116 g/mol. The van der Waals surface area contributed by atoms with E-state index in [1.54, 1.807) is 0 Å². The summed E-state index contributed by atoms with van der Waals surface area (Å²) in [7, 11) is 0. The summed E-state index contributed by atoms with van der Waals surface area (Å²) in [6, 6.07) is 0. The van der Waals surface area contributed by atoms with Crippen LogP contribution in [-0.4, -0.2) is 11.1 Å². The Kier molecular flexibility index (Phi) is 4.22. The third-order valence-corrected chi connectivity index (χ3v) is 1.76. The molecule has 1 unspecified atom stereocenters. The van der Waals surface area contributed by atoms with Crippen molar-refractivity contribution in [3.05, 3.63) is 0 Å². The maximum absolute atomic E-state index is 5.57. The number of thiol groups is 1. The quantitative estimate of drug-likeness (QED) is 0.422. The van der Waals surface area contributed by atoms with E-state index in [1.165, 1.54) is 0 Å². The number of hydrogen-bond donors (Lipinski definition) is 1. The van der Waals surface area contributed by atoms with Gasteiger partial charge in [-0.25, -0.2) is 0 Å². The van der Waals surface area contributed by atoms with Gasteiger partial charge in [0.25, 0.3) is 0 Å². The summed E-state index contributed by atoms with van der Waals surface area (Å²) < 4.78 is 0. The van der Waals surface area contributed by atoms with Crippen LogP contribution in [0.3, 0.4) is 0 Å². The van der Waals surface area contributed by atoms with Crippen molar-refractivity contribution in [3.8, 4) is 0 Å². The van der Waals surface area contributed by atoms with Gasteiger partial charge in [0.2, 0.25) is 0 Å². The molecule has 0 aliphatic carbocycles. The van der Waals surface area contributed by atoms with Gasteiger partial charge in [-0.15, -0.1) is 11.6 Å². The smallest absolute Gasteiger partial charge is 0.0421 e. The first-order valence-corrected chi connectivity index (χ1v) is 3.13. The first-order valence-electron chi connectivity index (χ1n) is 2.06. The Bertz CT molecular complexity index is 26.7. The molecule has 0 aliphatic heterocycles. The Hall–Kier alpha value is 0.640. The average molecular weight is 125 g/mol. The number of halogens is 1. The minimum Gasteiger partial charge on any atom is -0.178 e. The van der Waals surface area contributed by atoms with E-state index < -0.39 is 0 Å². The molecule has 2 heteroatoms. The molecule has 0 nitrogen and oxygen atoms in total. The zero-order chi connectivity index (χ0) is 4.99. The Morgan fingerprint density at radius 3 is 2.33 bits per heavy atom. The molecule has 0 saturated carbocycles. The van der Waals surface area contributed by atoms with E-state index in [4.69, 9.17) is 11.6 Å². The number of alkyl halides is 1. The number of rotatable bonds is 2. The molecule has 0 saturated heterocycles. The van der Waals surface area contributed by atoms with Gasteiger partial charge in [-0.3, -0.25) is 0 Å². The van der Waals surface area contributed by atoms with Gasteiger partial charge in [-0.1, -0.05) is 6.92 Å². The highest BCUT2D eigenvalue weighted by atomic mass is 35.5. The Balaban J connectivity index is 2.75. The zero-order valence-corrected chi connectivity index (χ0v) is 5.47. The monoisotopic (exact) mass is 124 g/mol. The molecular formula is C4H9ClS. The molecule has 0 aliphatic rings. The van der Waals surface area contributed by atoms with Crippen LogP contribution in [0.2, 0.25) is 0 Å². The lowest BCUT2D eigenvalue weighted by Crippen LogP contribution is -1.94. The van der Waals surface area contributed by atoms with E-state index in [0.29, 0.717) is 0 Å². The largest absolute Gasteiger partial charge is 0.178 e. The van der Waals surface area contributed by atoms with E-state index in [2.05, 4.69) is 12.6 Å². The van der Waals surface area contributed by atoms with Crippen molar-refractivity contribution in [2.45, 2.75) is 18.7 Å². The molecule has 0 amide bonds. The SMILES string of the molecule is CCC(Cl)CS. The van der Waals surface area contributed by atoms with Gasteiger partial charge in [-0.2, -0.15) is 12.6 Å². The molecule has 0 radical (unpaired) electrons. The topological polar surface area (TPSA) is 0 Å². The lowest BCUT2D eigenvalue weighted by molar-refractivity contribution is 0.908. The summed E-state index contributed by atoms with van der Waals surface area (Å²) in [4.78, 5) is 0. The van der Waals surface area contributed by atoms with E-state index in [0.717, 1.165) is 12.2 Å².